The van der Waals surface area contributed by atoms with Gasteiger partial charge in [0.1, 0.15) is 0 Å². The first-order valence-electron chi connectivity index (χ1n) is 5.67. The Bertz CT molecular complexity index is 376. The lowest BCUT2D eigenvalue weighted by molar-refractivity contribution is -0.123. The van der Waals surface area contributed by atoms with Crippen LogP contribution in [0.5, 0.6) is 0 Å². The normalized spacial score (nSPS) is 11.8. The molecule has 0 spiro atoms. The first kappa shape index (κ1) is 13.2. The summed E-state index contributed by atoms with van der Waals surface area (Å²) >= 11 is 0. The minimum Gasteiger partial charge on any atom is -0.369 e. The summed E-state index contributed by atoms with van der Waals surface area (Å²) in [6, 6.07) is 9.73. The Balaban J connectivity index is 2.49. The van der Waals surface area contributed by atoms with E-state index in [-0.39, 0.29) is 17.7 Å². The van der Waals surface area contributed by atoms with E-state index in [0.717, 1.165) is 5.56 Å². The maximum absolute atomic E-state index is 11.3. The van der Waals surface area contributed by atoms with Crippen molar-refractivity contribution in [2.45, 2.75) is 19.8 Å². The smallest absolute Gasteiger partial charge is 0.220 e. The maximum Gasteiger partial charge on any atom is 0.220 e. The van der Waals surface area contributed by atoms with Crippen molar-refractivity contribution >= 4 is 11.8 Å². The molecule has 1 atom stereocenters. The number of carbonyl (C=O) groups is 2. The second-order valence-corrected chi connectivity index (χ2v) is 4.06. The zero-order valence-corrected chi connectivity index (χ0v) is 9.98. The van der Waals surface area contributed by atoms with Crippen LogP contribution in [0.2, 0.25) is 0 Å². The van der Waals surface area contributed by atoms with E-state index in [0.29, 0.717) is 19.4 Å². The molecule has 4 heteroatoms. The van der Waals surface area contributed by atoms with Crippen molar-refractivity contribution in [3.63, 3.8) is 0 Å². The highest BCUT2D eigenvalue weighted by molar-refractivity contribution is 5.77. The van der Waals surface area contributed by atoms with Crippen LogP contribution in [0.25, 0.3) is 0 Å². The van der Waals surface area contributed by atoms with Gasteiger partial charge in [-0.05, 0) is 18.4 Å². The molecule has 0 bridgehead atoms. The molecule has 0 aromatic heterocycles. The van der Waals surface area contributed by atoms with E-state index in [4.69, 9.17) is 5.73 Å². The molecule has 92 valence electrons. The second-order valence-electron chi connectivity index (χ2n) is 4.06. The van der Waals surface area contributed by atoms with Crippen LogP contribution in [-0.4, -0.2) is 18.4 Å². The van der Waals surface area contributed by atoms with Crippen LogP contribution in [0.4, 0.5) is 0 Å². The Labute approximate surface area is 101 Å². The number of hydrogen-bond acceptors (Lipinski definition) is 2. The van der Waals surface area contributed by atoms with Crippen molar-refractivity contribution in [1.29, 1.82) is 0 Å². The van der Waals surface area contributed by atoms with Crippen LogP contribution < -0.4 is 11.1 Å². The lowest BCUT2D eigenvalue weighted by Crippen LogP contribution is -2.30. The largest absolute Gasteiger partial charge is 0.369 e. The third-order valence-electron chi connectivity index (χ3n) is 2.59. The van der Waals surface area contributed by atoms with Crippen molar-refractivity contribution < 1.29 is 9.59 Å². The van der Waals surface area contributed by atoms with Gasteiger partial charge in [0.25, 0.3) is 0 Å². The molecule has 1 rings (SSSR count). The summed E-state index contributed by atoms with van der Waals surface area (Å²) in [6.45, 7) is 1.94. The van der Waals surface area contributed by atoms with Crippen molar-refractivity contribution in [3.05, 3.63) is 35.9 Å². The molecule has 0 saturated carbocycles. The fourth-order valence-electron chi connectivity index (χ4n) is 1.67. The van der Waals surface area contributed by atoms with E-state index in [1.54, 1.807) is 0 Å². The summed E-state index contributed by atoms with van der Waals surface area (Å²) in [7, 11) is 0. The fourth-order valence-corrected chi connectivity index (χ4v) is 1.67. The molecule has 4 nitrogen and oxygen atoms in total. The highest BCUT2D eigenvalue weighted by Gasteiger charge is 2.15. The predicted octanol–water partition coefficient (Wildman–Crippen LogP) is 0.857. The molecule has 0 aliphatic heterocycles. The van der Waals surface area contributed by atoms with Crippen molar-refractivity contribution in [3.8, 4) is 0 Å². The van der Waals surface area contributed by atoms with Gasteiger partial charge in [0.15, 0.2) is 0 Å². The van der Waals surface area contributed by atoms with Gasteiger partial charge in [-0.2, -0.15) is 0 Å². The van der Waals surface area contributed by atoms with E-state index >= 15 is 0 Å². The zero-order valence-electron chi connectivity index (χ0n) is 9.98. The van der Waals surface area contributed by atoms with Gasteiger partial charge < -0.3 is 11.1 Å². The van der Waals surface area contributed by atoms with E-state index in [1.807, 2.05) is 30.3 Å². The van der Waals surface area contributed by atoms with E-state index in [2.05, 4.69) is 5.32 Å². The van der Waals surface area contributed by atoms with Gasteiger partial charge in [0.2, 0.25) is 11.8 Å². The molecule has 3 N–H and O–H groups in total. The monoisotopic (exact) mass is 234 g/mol. The molecule has 0 heterocycles. The van der Waals surface area contributed by atoms with Crippen molar-refractivity contribution in [1.82, 2.24) is 5.32 Å². The van der Waals surface area contributed by atoms with Gasteiger partial charge in [0.05, 0.1) is 0 Å². The number of rotatable bonds is 6. The summed E-state index contributed by atoms with van der Waals surface area (Å²) in [5.41, 5.74) is 6.43. The van der Waals surface area contributed by atoms with E-state index in [1.165, 1.54) is 6.92 Å². The predicted molar refractivity (Wildman–Crippen MR) is 66.1 cm³/mol. The van der Waals surface area contributed by atoms with Gasteiger partial charge in [-0.3, -0.25) is 9.59 Å². The third-order valence-corrected chi connectivity index (χ3v) is 2.59. The molecular formula is C13H18N2O2. The highest BCUT2D eigenvalue weighted by atomic mass is 16.1. The molecule has 17 heavy (non-hydrogen) atoms. The van der Waals surface area contributed by atoms with E-state index < -0.39 is 0 Å². The highest BCUT2D eigenvalue weighted by Crippen LogP contribution is 2.11. The SMILES string of the molecule is CC(=O)NCCC(Cc1ccccc1)C(N)=O. The van der Waals surface area contributed by atoms with Crippen LogP contribution in [0.3, 0.4) is 0 Å². The quantitative estimate of drug-likeness (QED) is 0.766. The zero-order chi connectivity index (χ0) is 12.7. The maximum atomic E-state index is 11.3. The molecule has 1 aromatic rings. The van der Waals surface area contributed by atoms with E-state index in [9.17, 15) is 9.59 Å². The number of nitrogens with one attached hydrogen (secondary N) is 1. The summed E-state index contributed by atoms with van der Waals surface area (Å²) in [5.74, 6) is -0.642. The van der Waals surface area contributed by atoms with Gasteiger partial charge >= 0.3 is 0 Å². The van der Waals surface area contributed by atoms with Crippen LogP contribution in [-0.2, 0) is 16.0 Å². The first-order valence-corrected chi connectivity index (χ1v) is 5.67. The van der Waals surface area contributed by atoms with Gasteiger partial charge in [-0.15, -0.1) is 0 Å². The van der Waals surface area contributed by atoms with Crippen LogP contribution in [0.15, 0.2) is 30.3 Å². The van der Waals surface area contributed by atoms with Crippen LogP contribution in [0.1, 0.15) is 18.9 Å². The Morgan fingerprint density at radius 1 is 1.29 bits per heavy atom. The Kier molecular flexibility index (Phi) is 5.20. The molecule has 0 aliphatic rings. The summed E-state index contributed by atoms with van der Waals surface area (Å²) < 4.78 is 0. The molecule has 0 saturated heterocycles. The standard InChI is InChI=1S/C13H18N2O2/c1-10(16)15-8-7-12(13(14)17)9-11-5-3-2-4-6-11/h2-6,12H,7-9H2,1H3,(H2,14,17)(H,15,16). The molecular weight excluding hydrogens is 216 g/mol. The number of benzene rings is 1. The molecule has 1 aromatic carbocycles. The fraction of sp³-hybridized carbons (Fsp3) is 0.385. The number of carbonyl (C=O) groups excluding carboxylic acids is 2. The second kappa shape index (κ2) is 6.68. The minimum absolute atomic E-state index is 0.0899. The third kappa shape index (κ3) is 5.15. The molecule has 2 amide bonds. The Hall–Kier alpha value is -1.84. The lowest BCUT2D eigenvalue weighted by atomic mass is 9.95. The molecule has 0 aliphatic carbocycles. The van der Waals surface area contributed by atoms with Gasteiger partial charge in [-0.25, -0.2) is 0 Å². The molecule has 1 unspecified atom stereocenters. The number of primary amides is 1. The Morgan fingerprint density at radius 3 is 2.47 bits per heavy atom. The number of nitrogens with two attached hydrogens (primary N) is 1. The average molecular weight is 234 g/mol. The van der Waals surface area contributed by atoms with Crippen molar-refractivity contribution in [2.24, 2.45) is 11.7 Å². The Morgan fingerprint density at radius 2 is 1.94 bits per heavy atom. The van der Waals surface area contributed by atoms with Crippen molar-refractivity contribution in [2.75, 3.05) is 6.54 Å². The summed E-state index contributed by atoms with van der Waals surface area (Å²) in [6.07, 6.45) is 1.19. The van der Waals surface area contributed by atoms with Crippen LogP contribution in [0, 0.1) is 5.92 Å². The lowest BCUT2D eigenvalue weighted by Gasteiger charge is -2.13. The van der Waals surface area contributed by atoms with Crippen LogP contribution >= 0.6 is 0 Å². The topological polar surface area (TPSA) is 72.2 Å². The first-order chi connectivity index (χ1) is 8.09. The summed E-state index contributed by atoms with van der Waals surface area (Å²) in [4.78, 5) is 22.0. The minimum atomic E-state index is -0.320. The molecule has 0 fully saturated rings. The number of amides is 2. The van der Waals surface area contributed by atoms with Gasteiger partial charge in [0, 0.05) is 19.4 Å². The average Bonchev–Trinajstić information content (AvgIpc) is 2.28. The number of hydrogen-bond donors (Lipinski definition) is 2. The van der Waals surface area contributed by atoms with Gasteiger partial charge in [-0.1, -0.05) is 30.3 Å². The summed E-state index contributed by atoms with van der Waals surface area (Å²) in [5, 5.41) is 2.67. The molecule has 0 radical (unpaired) electrons.